The minimum atomic E-state index is -0.235. The van der Waals surface area contributed by atoms with Crippen molar-refractivity contribution >= 4 is 23.0 Å². The number of rotatable bonds is 7. The summed E-state index contributed by atoms with van der Waals surface area (Å²) in [4.78, 5) is 16.5. The van der Waals surface area contributed by atoms with Gasteiger partial charge in [-0.25, -0.2) is 5.01 Å². The second kappa shape index (κ2) is 8.85. The number of carbonyl (C=O) groups is 1. The number of ether oxygens (including phenoxy) is 1. The molecule has 0 saturated carbocycles. The highest BCUT2D eigenvalue weighted by atomic mass is 32.1. The fraction of sp³-hybridized carbons (Fsp3) is 0.304. The third-order valence-corrected chi connectivity index (χ3v) is 6.26. The average Bonchev–Trinajstić information content (AvgIpc) is 3.49. The van der Waals surface area contributed by atoms with Gasteiger partial charge in [0.25, 0.3) is 5.91 Å². The number of nitrogens with zero attached hydrogens (tertiary/aromatic N) is 3. The monoisotopic (exact) mass is 423 g/mol. The molecule has 7 heteroatoms. The van der Waals surface area contributed by atoms with E-state index in [0.717, 1.165) is 29.3 Å². The molecule has 30 heavy (non-hydrogen) atoms. The maximum Gasteiger partial charge on any atom is 0.257 e. The Hall–Kier alpha value is -2.90. The SMILES string of the molecule is COc1ccc(C2=NN(C(=O)CN(C)Cc3sccc3C)[C@@H](c3ccco3)C2)cc1. The number of hydrazone groups is 1. The number of thiophene rings is 1. The Balaban J connectivity index is 1.53. The van der Waals surface area contributed by atoms with Crippen molar-refractivity contribution in [3.8, 4) is 5.75 Å². The Morgan fingerprint density at radius 3 is 2.73 bits per heavy atom. The van der Waals surface area contributed by atoms with Crippen LogP contribution >= 0.6 is 11.3 Å². The van der Waals surface area contributed by atoms with Gasteiger partial charge in [0.1, 0.15) is 17.6 Å². The summed E-state index contributed by atoms with van der Waals surface area (Å²) in [6.45, 7) is 3.12. The van der Waals surface area contributed by atoms with Crippen LogP contribution in [0.1, 0.15) is 34.2 Å². The van der Waals surface area contributed by atoms with Gasteiger partial charge in [-0.15, -0.1) is 11.3 Å². The van der Waals surface area contributed by atoms with Crippen molar-refractivity contribution in [1.29, 1.82) is 0 Å². The van der Waals surface area contributed by atoms with Gasteiger partial charge in [-0.1, -0.05) is 0 Å². The highest BCUT2D eigenvalue weighted by Crippen LogP contribution is 2.33. The summed E-state index contributed by atoms with van der Waals surface area (Å²) in [5, 5.41) is 8.36. The Morgan fingerprint density at radius 1 is 1.30 bits per heavy atom. The number of methoxy groups -OCH3 is 1. The van der Waals surface area contributed by atoms with Gasteiger partial charge in [-0.3, -0.25) is 9.69 Å². The summed E-state index contributed by atoms with van der Waals surface area (Å²) < 4.78 is 10.9. The van der Waals surface area contributed by atoms with Crippen LogP contribution in [-0.4, -0.2) is 42.2 Å². The third-order valence-electron chi connectivity index (χ3n) is 5.25. The summed E-state index contributed by atoms with van der Waals surface area (Å²) in [6.07, 6.45) is 2.24. The normalized spacial score (nSPS) is 16.2. The van der Waals surface area contributed by atoms with E-state index >= 15 is 0 Å². The highest BCUT2D eigenvalue weighted by Gasteiger charge is 2.35. The average molecular weight is 424 g/mol. The van der Waals surface area contributed by atoms with E-state index in [9.17, 15) is 4.79 Å². The molecule has 1 atom stereocenters. The van der Waals surface area contributed by atoms with Crippen LogP contribution in [0.2, 0.25) is 0 Å². The molecular weight excluding hydrogens is 398 g/mol. The smallest absolute Gasteiger partial charge is 0.257 e. The number of amides is 1. The summed E-state index contributed by atoms with van der Waals surface area (Å²) >= 11 is 1.72. The summed E-state index contributed by atoms with van der Waals surface area (Å²) in [5.41, 5.74) is 3.10. The molecule has 0 bridgehead atoms. The van der Waals surface area contributed by atoms with Crippen LogP contribution < -0.4 is 4.74 Å². The molecule has 1 aliphatic rings. The van der Waals surface area contributed by atoms with Crippen LogP contribution in [0.4, 0.5) is 0 Å². The second-order valence-electron chi connectivity index (χ2n) is 7.45. The first-order valence-corrected chi connectivity index (χ1v) is 10.7. The Kier molecular flexibility index (Phi) is 6.01. The third kappa shape index (κ3) is 4.32. The highest BCUT2D eigenvalue weighted by molar-refractivity contribution is 7.10. The van der Waals surface area contributed by atoms with E-state index in [1.54, 1.807) is 29.7 Å². The Bertz CT molecular complexity index is 1020. The molecule has 0 radical (unpaired) electrons. The standard InChI is InChI=1S/C23H25N3O3S/c1-16-10-12-30-22(16)14-25(2)15-23(27)26-20(21-5-4-11-29-21)13-19(24-26)17-6-8-18(28-3)9-7-17/h4-12,20H,13-15H2,1-3H3/t20-/m1/s1. The van der Waals surface area contributed by atoms with Crippen molar-refractivity contribution in [1.82, 2.24) is 9.91 Å². The van der Waals surface area contributed by atoms with E-state index in [-0.39, 0.29) is 18.5 Å². The van der Waals surface area contributed by atoms with Gasteiger partial charge in [0, 0.05) is 17.8 Å². The minimum absolute atomic E-state index is 0.0448. The lowest BCUT2D eigenvalue weighted by Crippen LogP contribution is -2.36. The van der Waals surface area contributed by atoms with Crippen molar-refractivity contribution in [2.45, 2.75) is 25.9 Å². The molecule has 1 aromatic carbocycles. The summed E-state index contributed by atoms with van der Waals surface area (Å²) in [6, 6.07) is 13.4. The van der Waals surface area contributed by atoms with Crippen LogP contribution in [0, 0.1) is 6.92 Å². The van der Waals surface area contributed by atoms with E-state index < -0.39 is 0 Å². The zero-order chi connectivity index (χ0) is 21.1. The quantitative estimate of drug-likeness (QED) is 0.563. The van der Waals surface area contributed by atoms with E-state index in [1.165, 1.54) is 10.4 Å². The molecule has 1 amide bonds. The molecule has 0 saturated heterocycles. The number of likely N-dealkylation sites (N-methyl/N-ethyl adjacent to an activating group) is 1. The van der Waals surface area contributed by atoms with Crippen LogP contribution in [0.25, 0.3) is 0 Å². The van der Waals surface area contributed by atoms with E-state index in [0.29, 0.717) is 6.42 Å². The summed E-state index contributed by atoms with van der Waals surface area (Å²) in [7, 11) is 3.60. The van der Waals surface area contributed by atoms with E-state index in [1.807, 2.05) is 48.3 Å². The van der Waals surface area contributed by atoms with Crippen molar-refractivity contribution < 1.29 is 13.9 Å². The molecule has 1 aliphatic heterocycles. The van der Waals surface area contributed by atoms with Crippen molar-refractivity contribution in [2.75, 3.05) is 20.7 Å². The topological polar surface area (TPSA) is 58.3 Å². The zero-order valence-corrected chi connectivity index (χ0v) is 18.2. The molecule has 3 heterocycles. The molecule has 0 N–H and O–H groups in total. The molecule has 0 fully saturated rings. The number of aryl methyl sites for hydroxylation is 1. The molecule has 3 aromatic rings. The predicted octanol–water partition coefficient (Wildman–Crippen LogP) is 4.47. The molecule has 0 spiro atoms. The lowest BCUT2D eigenvalue weighted by atomic mass is 10.0. The first-order valence-electron chi connectivity index (χ1n) is 9.84. The van der Waals surface area contributed by atoms with Gasteiger partial charge in [-0.2, -0.15) is 5.10 Å². The van der Waals surface area contributed by atoms with Crippen LogP contribution in [0.15, 0.2) is 63.6 Å². The minimum Gasteiger partial charge on any atom is -0.497 e. The lowest BCUT2D eigenvalue weighted by Gasteiger charge is -2.23. The maximum atomic E-state index is 13.2. The number of hydrogen-bond donors (Lipinski definition) is 0. The van der Waals surface area contributed by atoms with Crippen LogP contribution in [-0.2, 0) is 11.3 Å². The van der Waals surface area contributed by atoms with Crippen LogP contribution in [0.3, 0.4) is 0 Å². The van der Waals surface area contributed by atoms with E-state index in [4.69, 9.17) is 14.3 Å². The first kappa shape index (κ1) is 20.4. The van der Waals surface area contributed by atoms with E-state index in [2.05, 4.69) is 18.4 Å². The number of benzene rings is 1. The van der Waals surface area contributed by atoms with Gasteiger partial charge >= 0.3 is 0 Å². The van der Waals surface area contributed by atoms with Crippen LogP contribution in [0.5, 0.6) is 5.75 Å². The molecule has 4 rings (SSSR count). The largest absolute Gasteiger partial charge is 0.497 e. The van der Waals surface area contributed by atoms with Crippen molar-refractivity contribution in [2.24, 2.45) is 5.10 Å². The number of carbonyl (C=O) groups excluding carboxylic acids is 1. The predicted molar refractivity (Wildman–Crippen MR) is 118 cm³/mol. The van der Waals surface area contributed by atoms with Gasteiger partial charge < -0.3 is 9.15 Å². The number of hydrogen-bond acceptors (Lipinski definition) is 6. The molecule has 2 aromatic heterocycles. The van der Waals surface area contributed by atoms with Crippen molar-refractivity contribution in [3.63, 3.8) is 0 Å². The molecule has 0 aliphatic carbocycles. The molecule has 156 valence electrons. The Labute approximate surface area is 180 Å². The van der Waals surface area contributed by atoms with Gasteiger partial charge in [0.05, 0.1) is 25.6 Å². The maximum absolute atomic E-state index is 13.2. The molecular formula is C23H25N3O3S. The second-order valence-corrected chi connectivity index (χ2v) is 8.45. The molecule has 6 nitrogen and oxygen atoms in total. The van der Waals surface area contributed by atoms with Crippen molar-refractivity contribution in [3.05, 3.63) is 75.9 Å². The van der Waals surface area contributed by atoms with Gasteiger partial charge in [0.2, 0.25) is 0 Å². The number of furan rings is 1. The summed E-state index contributed by atoms with van der Waals surface area (Å²) in [5.74, 6) is 1.49. The molecule has 0 unspecified atom stereocenters. The zero-order valence-electron chi connectivity index (χ0n) is 17.4. The fourth-order valence-electron chi connectivity index (χ4n) is 3.57. The first-order chi connectivity index (χ1) is 14.5. The van der Waals surface area contributed by atoms with Gasteiger partial charge in [-0.05, 0) is 72.9 Å². The Morgan fingerprint density at radius 2 is 2.10 bits per heavy atom. The van der Waals surface area contributed by atoms with Gasteiger partial charge in [0.15, 0.2) is 0 Å². The fourth-order valence-corrected chi connectivity index (χ4v) is 4.56. The lowest BCUT2D eigenvalue weighted by molar-refractivity contribution is -0.134.